The largest absolute Gasteiger partial charge is 0.394 e. The van der Waals surface area contributed by atoms with Crippen molar-refractivity contribution in [3.8, 4) is 0 Å². The lowest BCUT2D eigenvalue weighted by Crippen LogP contribution is -2.66. The molecule has 0 saturated carbocycles. The molecule has 6 nitrogen and oxygen atoms in total. The van der Waals surface area contributed by atoms with Gasteiger partial charge >= 0.3 is 0 Å². The molecule has 84 valence electrons. The number of hydrogen-bond donors (Lipinski definition) is 5. The fourth-order valence-corrected chi connectivity index (χ4v) is 1.65. The molecule has 0 aromatic carbocycles. The van der Waals surface area contributed by atoms with E-state index >= 15 is 0 Å². The number of aliphatic hydroxyl groups is 5. The third kappa shape index (κ3) is 1.65. The standard InChI is InChI=1S/C8H16O6/c1-2-8(13)4(3-9)14-7(12)5(10)6(8)11/h4-7,9-13H,2-3H2,1H3/t4-,5-,6-,7?,8-/m1/s1. The van der Waals surface area contributed by atoms with Crippen molar-refractivity contribution in [2.75, 3.05) is 6.61 Å². The van der Waals surface area contributed by atoms with Gasteiger partial charge in [0, 0.05) is 0 Å². The second kappa shape index (κ2) is 4.09. The Balaban J connectivity index is 2.89. The summed E-state index contributed by atoms with van der Waals surface area (Å²) in [5.41, 5.74) is -1.73. The molecule has 1 aliphatic rings. The van der Waals surface area contributed by atoms with Crippen LogP contribution in [0, 0.1) is 0 Å². The first kappa shape index (κ1) is 11.8. The lowest BCUT2D eigenvalue weighted by atomic mass is 9.82. The predicted octanol–water partition coefficient (Wildman–Crippen LogP) is -2.44. The number of aliphatic hydroxyl groups excluding tert-OH is 4. The molecule has 1 unspecified atom stereocenters. The molecular weight excluding hydrogens is 192 g/mol. The van der Waals surface area contributed by atoms with Gasteiger partial charge in [0.25, 0.3) is 0 Å². The highest BCUT2D eigenvalue weighted by atomic mass is 16.6. The molecule has 0 bridgehead atoms. The summed E-state index contributed by atoms with van der Waals surface area (Å²) in [6.07, 6.45) is -5.69. The van der Waals surface area contributed by atoms with Gasteiger partial charge in [-0.3, -0.25) is 0 Å². The SMILES string of the molecule is CC[C@]1(O)[C@H](O)[C@@H](O)C(O)O[C@@H]1CO. The van der Waals surface area contributed by atoms with Gasteiger partial charge in [-0.1, -0.05) is 6.92 Å². The average Bonchev–Trinajstić information content (AvgIpc) is 2.20. The Bertz CT molecular complexity index is 194. The zero-order valence-electron chi connectivity index (χ0n) is 7.87. The highest BCUT2D eigenvalue weighted by molar-refractivity contribution is 5.00. The molecule has 0 aromatic heterocycles. The van der Waals surface area contributed by atoms with Gasteiger partial charge in [-0.15, -0.1) is 0 Å². The molecule has 14 heavy (non-hydrogen) atoms. The van der Waals surface area contributed by atoms with E-state index in [0.717, 1.165) is 0 Å². The van der Waals surface area contributed by atoms with Crippen LogP contribution in [0.5, 0.6) is 0 Å². The smallest absolute Gasteiger partial charge is 0.184 e. The Hall–Kier alpha value is -0.240. The third-order valence-electron chi connectivity index (χ3n) is 2.72. The Kier molecular flexibility index (Phi) is 3.46. The van der Waals surface area contributed by atoms with E-state index in [4.69, 9.17) is 14.9 Å². The van der Waals surface area contributed by atoms with Crippen molar-refractivity contribution < 1.29 is 30.3 Å². The molecule has 0 aromatic rings. The maximum absolute atomic E-state index is 9.89. The van der Waals surface area contributed by atoms with Crippen LogP contribution in [0.2, 0.25) is 0 Å². The highest BCUT2D eigenvalue weighted by Crippen LogP contribution is 2.31. The van der Waals surface area contributed by atoms with Crippen LogP contribution in [-0.4, -0.2) is 62.3 Å². The summed E-state index contributed by atoms with van der Waals surface area (Å²) in [4.78, 5) is 0. The fourth-order valence-electron chi connectivity index (χ4n) is 1.65. The maximum Gasteiger partial charge on any atom is 0.184 e. The molecule has 1 fully saturated rings. The highest BCUT2D eigenvalue weighted by Gasteiger charge is 2.52. The van der Waals surface area contributed by atoms with Crippen molar-refractivity contribution in [2.24, 2.45) is 0 Å². The van der Waals surface area contributed by atoms with Crippen molar-refractivity contribution in [1.29, 1.82) is 0 Å². The van der Waals surface area contributed by atoms with Crippen LogP contribution >= 0.6 is 0 Å². The lowest BCUT2D eigenvalue weighted by Gasteiger charge is -2.46. The third-order valence-corrected chi connectivity index (χ3v) is 2.72. The van der Waals surface area contributed by atoms with Crippen molar-refractivity contribution >= 4 is 0 Å². The molecule has 0 amide bonds. The monoisotopic (exact) mass is 208 g/mol. The summed E-state index contributed by atoms with van der Waals surface area (Å²) in [5, 5.41) is 46.7. The van der Waals surface area contributed by atoms with Crippen LogP contribution in [0.1, 0.15) is 13.3 Å². The fraction of sp³-hybridized carbons (Fsp3) is 1.00. The summed E-state index contributed by atoms with van der Waals surface area (Å²) >= 11 is 0. The number of ether oxygens (including phenoxy) is 1. The first-order chi connectivity index (χ1) is 6.47. The molecule has 1 saturated heterocycles. The summed E-state index contributed by atoms with van der Waals surface area (Å²) in [7, 11) is 0. The molecule has 5 atom stereocenters. The number of hydrogen-bond acceptors (Lipinski definition) is 6. The van der Waals surface area contributed by atoms with Crippen LogP contribution in [0.3, 0.4) is 0 Å². The predicted molar refractivity (Wildman–Crippen MR) is 45.2 cm³/mol. The molecule has 6 heteroatoms. The van der Waals surface area contributed by atoms with Crippen LogP contribution in [0.4, 0.5) is 0 Å². The van der Waals surface area contributed by atoms with E-state index < -0.39 is 36.8 Å². The topological polar surface area (TPSA) is 110 Å². The summed E-state index contributed by atoms with van der Waals surface area (Å²) in [6, 6.07) is 0. The van der Waals surface area contributed by atoms with E-state index in [1.807, 2.05) is 0 Å². The van der Waals surface area contributed by atoms with Gasteiger partial charge in [-0.25, -0.2) is 0 Å². The molecule has 0 radical (unpaired) electrons. The van der Waals surface area contributed by atoms with Crippen LogP contribution in [0.25, 0.3) is 0 Å². The Labute approximate surface area is 81.4 Å². The molecule has 1 aliphatic heterocycles. The van der Waals surface area contributed by atoms with Crippen LogP contribution in [0.15, 0.2) is 0 Å². The van der Waals surface area contributed by atoms with Gasteiger partial charge in [-0.05, 0) is 6.42 Å². The summed E-state index contributed by atoms with van der Waals surface area (Å²) in [6.45, 7) is 1.05. The van der Waals surface area contributed by atoms with Gasteiger partial charge in [0.2, 0.25) is 0 Å². The van der Waals surface area contributed by atoms with Crippen molar-refractivity contribution in [3.05, 3.63) is 0 Å². The summed E-state index contributed by atoms with van der Waals surface area (Å²) < 4.78 is 4.77. The van der Waals surface area contributed by atoms with Gasteiger partial charge in [-0.2, -0.15) is 0 Å². The minimum atomic E-state index is -1.73. The van der Waals surface area contributed by atoms with Crippen molar-refractivity contribution in [1.82, 2.24) is 0 Å². The molecule has 0 aliphatic carbocycles. The van der Waals surface area contributed by atoms with E-state index in [0.29, 0.717) is 0 Å². The molecule has 5 N–H and O–H groups in total. The van der Waals surface area contributed by atoms with E-state index in [1.165, 1.54) is 0 Å². The lowest BCUT2D eigenvalue weighted by molar-refractivity contribution is -0.321. The average molecular weight is 208 g/mol. The Morgan fingerprint density at radius 2 is 1.86 bits per heavy atom. The maximum atomic E-state index is 9.89. The van der Waals surface area contributed by atoms with Crippen molar-refractivity contribution in [2.45, 2.75) is 43.5 Å². The number of rotatable bonds is 2. The van der Waals surface area contributed by atoms with E-state index in [1.54, 1.807) is 6.92 Å². The zero-order chi connectivity index (χ0) is 10.9. The van der Waals surface area contributed by atoms with E-state index in [2.05, 4.69) is 0 Å². The Morgan fingerprint density at radius 1 is 1.29 bits per heavy atom. The summed E-state index contributed by atoms with van der Waals surface area (Å²) in [5.74, 6) is 0. The van der Waals surface area contributed by atoms with Gasteiger partial charge in [0.1, 0.15) is 23.9 Å². The zero-order valence-corrected chi connectivity index (χ0v) is 7.87. The second-order valence-electron chi connectivity index (χ2n) is 3.48. The molecular formula is C8H16O6. The van der Waals surface area contributed by atoms with Crippen LogP contribution < -0.4 is 0 Å². The molecule has 0 spiro atoms. The van der Waals surface area contributed by atoms with Gasteiger partial charge in [0.05, 0.1) is 6.61 Å². The minimum absolute atomic E-state index is 0.100. The first-order valence-corrected chi connectivity index (χ1v) is 4.50. The van der Waals surface area contributed by atoms with Gasteiger partial charge < -0.3 is 30.3 Å². The first-order valence-electron chi connectivity index (χ1n) is 4.50. The molecule has 1 heterocycles. The molecule has 1 rings (SSSR count). The van der Waals surface area contributed by atoms with E-state index in [9.17, 15) is 15.3 Å². The van der Waals surface area contributed by atoms with Gasteiger partial charge in [0.15, 0.2) is 6.29 Å². The quantitative estimate of drug-likeness (QED) is 0.345. The van der Waals surface area contributed by atoms with Crippen molar-refractivity contribution in [3.63, 3.8) is 0 Å². The Morgan fingerprint density at radius 3 is 2.29 bits per heavy atom. The second-order valence-corrected chi connectivity index (χ2v) is 3.48. The van der Waals surface area contributed by atoms with E-state index in [-0.39, 0.29) is 6.42 Å². The normalized spacial score (nSPS) is 49.3. The minimum Gasteiger partial charge on any atom is -0.394 e. The van der Waals surface area contributed by atoms with Crippen LogP contribution in [-0.2, 0) is 4.74 Å².